The number of aryl methyl sites for hydroxylation is 1. The molecule has 1 amide bonds. The van der Waals surface area contributed by atoms with E-state index in [-0.39, 0.29) is 18.1 Å². The Morgan fingerprint density at radius 1 is 1.12 bits per heavy atom. The molecule has 0 unspecified atom stereocenters. The maximum atomic E-state index is 12.1. The van der Waals surface area contributed by atoms with Gasteiger partial charge in [0.1, 0.15) is 17.1 Å². The number of hydrogen-bond acceptors (Lipinski definition) is 3. The molecule has 1 heterocycles. The average Bonchev–Trinajstić information content (AvgIpc) is 2.56. The van der Waals surface area contributed by atoms with Crippen LogP contribution in [0.15, 0.2) is 42.5 Å². The Morgan fingerprint density at radius 2 is 1.84 bits per heavy atom. The fourth-order valence-electron chi connectivity index (χ4n) is 2.68. The molecule has 0 saturated carbocycles. The minimum atomic E-state index is -0.348. The lowest BCUT2D eigenvalue weighted by Crippen LogP contribution is -2.28. The number of anilines is 1. The Kier molecular flexibility index (Phi) is 4.53. The molecule has 1 aliphatic heterocycles. The van der Waals surface area contributed by atoms with Crippen molar-refractivity contribution in [2.45, 2.75) is 33.3 Å². The fraction of sp³-hybridized carbons (Fsp3) is 0.286. The molecule has 0 atom stereocenters. The molecule has 0 radical (unpaired) electrons. The molecule has 0 aliphatic carbocycles. The summed E-state index contributed by atoms with van der Waals surface area (Å²) in [6, 6.07) is 11.5. The monoisotopic (exact) mass is 337 g/mol. The van der Waals surface area contributed by atoms with Crippen LogP contribution in [0.1, 0.15) is 30.5 Å². The zero-order chi connectivity index (χ0) is 18.0. The highest BCUT2D eigenvalue weighted by Crippen LogP contribution is 2.38. The van der Waals surface area contributed by atoms with Gasteiger partial charge in [-0.15, -0.1) is 0 Å². The van der Waals surface area contributed by atoms with Crippen LogP contribution in [0, 0.1) is 13.8 Å². The minimum Gasteiger partial charge on any atom is -0.483 e. The number of rotatable bonds is 4. The van der Waals surface area contributed by atoms with Crippen molar-refractivity contribution in [3.63, 3.8) is 0 Å². The Morgan fingerprint density at radius 3 is 2.56 bits per heavy atom. The summed E-state index contributed by atoms with van der Waals surface area (Å²) in [4.78, 5) is 12.1. The molecule has 3 rings (SSSR count). The van der Waals surface area contributed by atoms with Crippen molar-refractivity contribution < 1.29 is 14.3 Å². The van der Waals surface area contributed by atoms with Crippen molar-refractivity contribution in [2.24, 2.45) is 0 Å². The van der Waals surface area contributed by atoms with Crippen molar-refractivity contribution in [3.05, 3.63) is 59.2 Å². The average molecular weight is 337 g/mol. The summed E-state index contributed by atoms with van der Waals surface area (Å²) < 4.78 is 11.7. The van der Waals surface area contributed by atoms with Gasteiger partial charge in [0.2, 0.25) is 0 Å². The Bertz CT molecular complexity index is 820. The predicted molar refractivity (Wildman–Crippen MR) is 100 cm³/mol. The van der Waals surface area contributed by atoms with Gasteiger partial charge in [0, 0.05) is 16.8 Å². The van der Waals surface area contributed by atoms with Crippen molar-refractivity contribution in [2.75, 3.05) is 11.9 Å². The van der Waals surface area contributed by atoms with Gasteiger partial charge >= 0.3 is 0 Å². The van der Waals surface area contributed by atoms with E-state index in [1.54, 1.807) is 0 Å². The zero-order valence-electron chi connectivity index (χ0n) is 15.1. The maximum absolute atomic E-state index is 12.1. The van der Waals surface area contributed by atoms with E-state index >= 15 is 0 Å². The molecule has 4 heteroatoms. The largest absolute Gasteiger partial charge is 0.483 e. The van der Waals surface area contributed by atoms with Crippen LogP contribution < -0.4 is 14.8 Å². The molecule has 1 N–H and O–H groups in total. The topological polar surface area (TPSA) is 47.6 Å². The molecule has 0 fully saturated rings. The second kappa shape index (κ2) is 6.63. The summed E-state index contributed by atoms with van der Waals surface area (Å²) in [5, 5.41) is 2.83. The summed E-state index contributed by atoms with van der Waals surface area (Å²) >= 11 is 0. The fourth-order valence-corrected chi connectivity index (χ4v) is 2.68. The molecule has 0 saturated heterocycles. The summed E-state index contributed by atoms with van der Waals surface area (Å²) in [6.07, 6.45) is 4.09. The van der Waals surface area contributed by atoms with Crippen LogP contribution in [-0.4, -0.2) is 18.1 Å². The first-order chi connectivity index (χ1) is 11.8. The minimum absolute atomic E-state index is 0.0489. The maximum Gasteiger partial charge on any atom is 0.262 e. The predicted octanol–water partition coefficient (Wildman–Crippen LogP) is 4.51. The van der Waals surface area contributed by atoms with Crippen LogP contribution in [0.3, 0.4) is 0 Å². The first kappa shape index (κ1) is 17.1. The summed E-state index contributed by atoms with van der Waals surface area (Å²) in [5.41, 5.74) is 3.48. The number of nitrogens with one attached hydrogen (secondary N) is 1. The highest BCUT2D eigenvalue weighted by Gasteiger charge is 2.24. The Hall–Kier alpha value is -2.75. The van der Waals surface area contributed by atoms with Crippen molar-refractivity contribution in [3.8, 4) is 11.5 Å². The van der Waals surface area contributed by atoms with Crippen molar-refractivity contribution in [1.29, 1.82) is 0 Å². The number of ether oxygens (including phenoxy) is 2. The molecular formula is C21H23NO3. The lowest BCUT2D eigenvalue weighted by molar-refractivity contribution is -0.118. The van der Waals surface area contributed by atoms with E-state index in [9.17, 15) is 4.79 Å². The lowest BCUT2D eigenvalue weighted by Gasteiger charge is -2.29. The second-order valence-electron chi connectivity index (χ2n) is 6.85. The lowest BCUT2D eigenvalue weighted by atomic mass is 10.00. The SMILES string of the molecule is Cc1ccc(NC(=O)COc2ccc3c(c2C)OC(C)(C)C=C3)cc1. The smallest absolute Gasteiger partial charge is 0.262 e. The van der Waals surface area contributed by atoms with Crippen LogP contribution in [0.4, 0.5) is 5.69 Å². The molecule has 0 spiro atoms. The van der Waals surface area contributed by atoms with E-state index in [4.69, 9.17) is 9.47 Å². The van der Waals surface area contributed by atoms with Gasteiger partial charge in [-0.1, -0.05) is 23.8 Å². The quantitative estimate of drug-likeness (QED) is 0.893. The third-order valence-electron chi connectivity index (χ3n) is 4.11. The molecule has 25 heavy (non-hydrogen) atoms. The molecule has 1 aliphatic rings. The van der Waals surface area contributed by atoms with E-state index in [2.05, 4.69) is 11.4 Å². The standard InChI is InChI=1S/C21H23NO3/c1-14-5-8-17(9-6-14)22-19(23)13-24-18-10-7-16-11-12-21(3,4)25-20(16)15(18)2/h5-12H,13H2,1-4H3,(H,22,23). The molecule has 0 bridgehead atoms. The number of benzene rings is 2. The molecule has 2 aromatic rings. The van der Waals surface area contributed by atoms with Crippen LogP contribution in [-0.2, 0) is 4.79 Å². The van der Waals surface area contributed by atoms with E-state index in [1.807, 2.05) is 70.2 Å². The van der Waals surface area contributed by atoms with Crippen molar-refractivity contribution >= 4 is 17.7 Å². The molecule has 0 aromatic heterocycles. The van der Waals surface area contributed by atoms with Gasteiger partial charge in [0.25, 0.3) is 5.91 Å². The van der Waals surface area contributed by atoms with Crippen LogP contribution >= 0.6 is 0 Å². The van der Waals surface area contributed by atoms with Crippen LogP contribution in [0.2, 0.25) is 0 Å². The second-order valence-corrected chi connectivity index (χ2v) is 6.85. The summed E-state index contributed by atoms with van der Waals surface area (Å²) in [6.45, 7) is 7.92. The first-order valence-corrected chi connectivity index (χ1v) is 8.35. The normalized spacial score (nSPS) is 14.4. The number of carbonyl (C=O) groups excluding carboxylic acids is 1. The molecule has 130 valence electrons. The third kappa shape index (κ3) is 4.02. The first-order valence-electron chi connectivity index (χ1n) is 8.35. The van der Waals surface area contributed by atoms with E-state index in [1.165, 1.54) is 0 Å². The summed E-state index contributed by atoms with van der Waals surface area (Å²) in [5.74, 6) is 1.27. The molecular weight excluding hydrogens is 314 g/mol. The van der Waals surface area contributed by atoms with Gasteiger partial charge in [0.15, 0.2) is 6.61 Å². The number of fused-ring (bicyclic) bond motifs is 1. The van der Waals surface area contributed by atoms with Gasteiger partial charge in [-0.2, -0.15) is 0 Å². The van der Waals surface area contributed by atoms with Gasteiger partial charge in [0.05, 0.1) is 0 Å². The number of hydrogen-bond donors (Lipinski definition) is 1. The van der Waals surface area contributed by atoms with Gasteiger partial charge < -0.3 is 14.8 Å². The summed E-state index contributed by atoms with van der Waals surface area (Å²) in [7, 11) is 0. The highest BCUT2D eigenvalue weighted by atomic mass is 16.5. The number of carbonyl (C=O) groups is 1. The van der Waals surface area contributed by atoms with Gasteiger partial charge in [-0.05, 0) is 58.0 Å². The Labute approximate surface area is 148 Å². The van der Waals surface area contributed by atoms with E-state index < -0.39 is 0 Å². The number of amides is 1. The molecule has 2 aromatic carbocycles. The zero-order valence-corrected chi connectivity index (χ0v) is 15.1. The molecule has 4 nitrogen and oxygen atoms in total. The van der Waals surface area contributed by atoms with Crippen molar-refractivity contribution in [1.82, 2.24) is 0 Å². The van der Waals surface area contributed by atoms with E-state index in [0.717, 1.165) is 28.1 Å². The third-order valence-corrected chi connectivity index (χ3v) is 4.11. The highest BCUT2D eigenvalue weighted by molar-refractivity contribution is 5.91. The van der Waals surface area contributed by atoms with Gasteiger partial charge in [-0.25, -0.2) is 0 Å². The van der Waals surface area contributed by atoms with Crippen LogP contribution in [0.25, 0.3) is 6.08 Å². The Balaban J connectivity index is 1.67. The van der Waals surface area contributed by atoms with Gasteiger partial charge in [-0.3, -0.25) is 4.79 Å². The van der Waals surface area contributed by atoms with Crippen LogP contribution in [0.5, 0.6) is 11.5 Å². The van der Waals surface area contributed by atoms with E-state index in [0.29, 0.717) is 5.75 Å².